The number of aromatic nitrogens is 1. The van der Waals surface area contributed by atoms with E-state index in [1.165, 1.54) is 0 Å². The van der Waals surface area contributed by atoms with E-state index in [9.17, 15) is 0 Å². The first-order valence-electron chi connectivity index (χ1n) is 5.68. The highest BCUT2D eigenvalue weighted by Crippen LogP contribution is 2.27. The second kappa shape index (κ2) is 6.71. The van der Waals surface area contributed by atoms with Crippen LogP contribution in [0.1, 0.15) is 13.8 Å². The number of nitrogens with zero attached hydrogens (tertiary/aromatic N) is 3. The Morgan fingerprint density at radius 1 is 1.35 bits per heavy atom. The molecular formula is C12H19Br2N3. The van der Waals surface area contributed by atoms with Crippen molar-refractivity contribution in [2.45, 2.75) is 19.9 Å². The minimum Gasteiger partial charge on any atom is -0.352 e. The molecule has 1 heterocycles. The topological polar surface area (TPSA) is 19.4 Å². The highest BCUT2D eigenvalue weighted by atomic mass is 79.9. The van der Waals surface area contributed by atoms with E-state index in [0.717, 1.165) is 27.9 Å². The Morgan fingerprint density at radius 2 is 2.00 bits per heavy atom. The predicted octanol–water partition coefficient (Wildman–Crippen LogP) is 3.38. The number of hydrogen-bond acceptors (Lipinski definition) is 3. The van der Waals surface area contributed by atoms with Crippen molar-refractivity contribution >= 4 is 37.7 Å². The molecule has 3 nitrogen and oxygen atoms in total. The largest absolute Gasteiger partial charge is 0.352 e. The fourth-order valence-electron chi connectivity index (χ4n) is 1.92. The quantitative estimate of drug-likeness (QED) is 0.798. The number of anilines is 1. The van der Waals surface area contributed by atoms with E-state index in [0.29, 0.717) is 6.04 Å². The van der Waals surface area contributed by atoms with Gasteiger partial charge >= 0.3 is 0 Å². The summed E-state index contributed by atoms with van der Waals surface area (Å²) in [7, 11) is 4.18. The molecule has 5 heteroatoms. The SMILES string of the molecule is CCN(c1ncc(Br)cc1Br)C(C)CN(C)C. The Labute approximate surface area is 120 Å². The van der Waals surface area contributed by atoms with Crippen LogP contribution in [0.3, 0.4) is 0 Å². The van der Waals surface area contributed by atoms with Crippen molar-refractivity contribution in [3.63, 3.8) is 0 Å². The minimum atomic E-state index is 0.431. The minimum absolute atomic E-state index is 0.431. The van der Waals surface area contributed by atoms with Gasteiger partial charge in [0.25, 0.3) is 0 Å². The summed E-state index contributed by atoms with van der Waals surface area (Å²) in [6, 6.07) is 2.47. The lowest BCUT2D eigenvalue weighted by atomic mass is 10.2. The van der Waals surface area contributed by atoms with Crippen LogP contribution in [-0.2, 0) is 0 Å². The second-order valence-electron chi connectivity index (χ2n) is 4.36. The standard InChI is InChI=1S/C12H19Br2N3/c1-5-17(9(2)8-16(3)4)12-11(14)6-10(13)7-15-12/h6-7,9H,5,8H2,1-4H3. The summed E-state index contributed by atoms with van der Waals surface area (Å²) in [5, 5.41) is 0. The maximum Gasteiger partial charge on any atom is 0.143 e. The van der Waals surface area contributed by atoms with Crippen LogP contribution in [0.15, 0.2) is 21.2 Å². The first kappa shape index (κ1) is 14.9. The highest BCUT2D eigenvalue weighted by Gasteiger charge is 2.17. The number of pyridine rings is 1. The van der Waals surface area contributed by atoms with Gasteiger partial charge < -0.3 is 9.80 Å². The number of rotatable bonds is 5. The maximum atomic E-state index is 4.49. The number of hydrogen-bond donors (Lipinski definition) is 0. The van der Waals surface area contributed by atoms with Gasteiger partial charge in [-0.05, 0) is 65.9 Å². The average molecular weight is 365 g/mol. The van der Waals surface area contributed by atoms with Crippen LogP contribution >= 0.6 is 31.9 Å². The van der Waals surface area contributed by atoms with Crippen LogP contribution in [0.4, 0.5) is 5.82 Å². The molecule has 0 aromatic carbocycles. The number of halogens is 2. The van der Waals surface area contributed by atoms with Gasteiger partial charge in [0, 0.05) is 29.8 Å². The Morgan fingerprint density at radius 3 is 2.47 bits per heavy atom. The van der Waals surface area contributed by atoms with Crippen LogP contribution in [0.2, 0.25) is 0 Å². The molecule has 0 saturated carbocycles. The zero-order valence-corrected chi connectivity index (χ0v) is 13.9. The lowest BCUT2D eigenvalue weighted by Crippen LogP contribution is -2.40. The molecule has 0 bridgehead atoms. The normalized spacial score (nSPS) is 12.9. The fraction of sp³-hybridized carbons (Fsp3) is 0.583. The molecule has 0 aliphatic rings. The van der Waals surface area contributed by atoms with E-state index in [2.05, 4.69) is 74.6 Å². The molecule has 0 fully saturated rings. The summed E-state index contributed by atoms with van der Waals surface area (Å²) >= 11 is 7.00. The second-order valence-corrected chi connectivity index (χ2v) is 6.13. The molecule has 0 saturated heterocycles. The molecule has 1 aromatic heterocycles. The molecule has 1 unspecified atom stereocenters. The van der Waals surface area contributed by atoms with Gasteiger partial charge in [-0.25, -0.2) is 4.98 Å². The number of likely N-dealkylation sites (N-methyl/N-ethyl adjacent to an activating group) is 2. The van der Waals surface area contributed by atoms with Crippen LogP contribution in [0, 0.1) is 0 Å². The Bertz CT molecular complexity index is 369. The first-order chi connectivity index (χ1) is 7.95. The molecule has 0 aliphatic carbocycles. The summed E-state index contributed by atoms with van der Waals surface area (Å²) in [6.45, 7) is 6.34. The van der Waals surface area contributed by atoms with Crippen molar-refractivity contribution in [1.29, 1.82) is 0 Å². The van der Waals surface area contributed by atoms with Gasteiger partial charge in [0.15, 0.2) is 0 Å². The van der Waals surface area contributed by atoms with Crippen molar-refractivity contribution < 1.29 is 0 Å². The van der Waals surface area contributed by atoms with Gasteiger partial charge in [-0.3, -0.25) is 0 Å². The third-order valence-electron chi connectivity index (χ3n) is 2.56. The van der Waals surface area contributed by atoms with Gasteiger partial charge in [-0.15, -0.1) is 0 Å². The van der Waals surface area contributed by atoms with Crippen molar-refractivity contribution in [3.05, 3.63) is 21.2 Å². The molecule has 0 spiro atoms. The Hall–Kier alpha value is -0.130. The van der Waals surface area contributed by atoms with Crippen LogP contribution in [0.5, 0.6) is 0 Å². The summed E-state index contributed by atoms with van der Waals surface area (Å²) in [4.78, 5) is 8.99. The van der Waals surface area contributed by atoms with E-state index in [1.807, 2.05) is 12.3 Å². The summed E-state index contributed by atoms with van der Waals surface area (Å²) in [6.07, 6.45) is 1.84. The molecule has 0 N–H and O–H groups in total. The molecule has 17 heavy (non-hydrogen) atoms. The summed E-state index contributed by atoms with van der Waals surface area (Å²) in [5.74, 6) is 1.00. The van der Waals surface area contributed by atoms with Crippen molar-refractivity contribution in [2.75, 3.05) is 32.1 Å². The monoisotopic (exact) mass is 363 g/mol. The third-order valence-corrected chi connectivity index (χ3v) is 3.58. The lowest BCUT2D eigenvalue weighted by molar-refractivity contribution is 0.372. The summed E-state index contributed by atoms with van der Waals surface area (Å²) in [5.41, 5.74) is 0. The van der Waals surface area contributed by atoms with Crippen molar-refractivity contribution in [1.82, 2.24) is 9.88 Å². The van der Waals surface area contributed by atoms with Gasteiger partial charge in [0.1, 0.15) is 5.82 Å². The van der Waals surface area contributed by atoms with E-state index < -0.39 is 0 Å². The van der Waals surface area contributed by atoms with Crippen molar-refractivity contribution in [3.8, 4) is 0 Å². The summed E-state index contributed by atoms with van der Waals surface area (Å²) < 4.78 is 2.02. The van der Waals surface area contributed by atoms with Crippen molar-refractivity contribution in [2.24, 2.45) is 0 Å². The van der Waals surface area contributed by atoms with Gasteiger partial charge in [0.2, 0.25) is 0 Å². The van der Waals surface area contributed by atoms with Crippen LogP contribution in [-0.4, -0.2) is 43.1 Å². The fourth-order valence-corrected chi connectivity index (χ4v) is 3.13. The first-order valence-corrected chi connectivity index (χ1v) is 7.26. The Balaban J connectivity index is 2.93. The molecule has 0 aliphatic heterocycles. The maximum absolute atomic E-state index is 4.49. The molecule has 0 amide bonds. The van der Waals surface area contributed by atoms with E-state index in [-0.39, 0.29) is 0 Å². The smallest absolute Gasteiger partial charge is 0.143 e. The Kier molecular flexibility index (Phi) is 5.89. The molecule has 0 radical (unpaired) electrons. The van der Waals surface area contributed by atoms with E-state index in [1.54, 1.807) is 0 Å². The zero-order chi connectivity index (χ0) is 13.0. The zero-order valence-electron chi connectivity index (χ0n) is 10.7. The molecule has 1 aromatic rings. The van der Waals surface area contributed by atoms with Gasteiger partial charge in [-0.2, -0.15) is 0 Å². The predicted molar refractivity (Wildman–Crippen MR) is 80.7 cm³/mol. The lowest BCUT2D eigenvalue weighted by Gasteiger charge is -2.31. The van der Waals surface area contributed by atoms with E-state index in [4.69, 9.17) is 0 Å². The average Bonchev–Trinajstić information content (AvgIpc) is 2.21. The van der Waals surface area contributed by atoms with Crippen LogP contribution < -0.4 is 4.90 Å². The van der Waals surface area contributed by atoms with Gasteiger partial charge in [-0.1, -0.05) is 0 Å². The highest BCUT2D eigenvalue weighted by molar-refractivity contribution is 9.11. The molecule has 1 atom stereocenters. The van der Waals surface area contributed by atoms with Gasteiger partial charge in [0.05, 0.1) is 4.47 Å². The van der Waals surface area contributed by atoms with Crippen LogP contribution in [0.25, 0.3) is 0 Å². The molecule has 1 rings (SSSR count). The van der Waals surface area contributed by atoms with E-state index >= 15 is 0 Å². The third kappa shape index (κ3) is 4.23. The molecular weight excluding hydrogens is 346 g/mol. The molecule has 96 valence electrons.